The predicted molar refractivity (Wildman–Crippen MR) is 82.7 cm³/mol. The lowest BCUT2D eigenvalue weighted by molar-refractivity contribution is -0.147. The Kier molecular flexibility index (Phi) is 4.24. The molecule has 1 amide bonds. The molecule has 1 fully saturated rings. The van der Waals surface area contributed by atoms with Gasteiger partial charge in [-0.3, -0.25) is 9.59 Å². The SMILES string of the molecule is Cc1noc(C)c1CCCNC(=O)[C@@H]1[C@H](C(=O)O)[C@H]2C=C[C@H]1C2. The van der Waals surface area contributed by atoms with Crippen LogP contribution in [0.15, 0.2) is 16.7 Å². The minimum Gasteiger partial charge on any atom is -0.481 e. The van der Waals surface area contributed by atoms with Gasteiger partial charge in [0.25, 0.3) is 0 Å². The quantitative estimate of drug-likeness (QED) is 0.617. The smallest absolute Gasteiger partial charge is 0.307 e. The number of aryl methyl sites for hydroxylation is 2. The number of nitrogens with zero attached hydrogens (tertiary/aromatic N) is 1. The van der Waals surface area contributed by atoms with Crippen molar-refractivity contribution in [1.82, 2.24) is 10.5 Å². The molecule has 1 heterocycles. The normalized spacial score (nSPS) is 28.3. The first-order valence-corrected chi connectivity index (χ1v) is 8.09. The number of carboxylic acids is 1. The van der Waals surface area contributed by atoms with E-state index in [9.17, 15) is 14.7 Å². The van der Waals surface area contributed by atoms with E-state index in [2.05, 4.69) is 10.5 Å². The summed E-state index contributed by atoms with van der Waals surface area (Å²) >= 11 is 0. The fraction of sp³-hybridized carbons (Fsp3) is 0.588. The average Bonchev–Trinajstić information content (AvgIpc) is 3.19. The van der Waals surface area contributed by atoms with Crippen molar-refractivity contribution in [2.24, 2.45) is 23.7 Å². The van der Waals surface area contributed by atoms with Crippen LogP contribution in [0, 0.1) is 37.5 Å². The first-order chi connectivity index (χ1) is 11.0. The lowest BCUT2D eigenvalue weighted by atomic mass is 9.82. The minimum atomic E-state index is -0.863. The third-order valence-electron chi connectivity index (χ3n) is 5.13. The molecule has 0 aromatic carbocycles. The number of carbonyl (C=O) groups excluding carboxylic acids is 1. The van der Waals surface area contributed by atoms with Crippen LogP contribution in [-0.2, 0) is 16.0 Å². The Balaban J connectivity index is 1.52. The summed E-state index contributed by atoms with van der Waals surface area (Å²) in [4.78, 5) is 23.8. The van der Waals surface area contributed by atoms with Crippen molar-refractivity contribution >= 4 is 11.9 Å². The van der Waals surface area contributed by atoms with Gasteiger partial charge in [-0.05, 0) is 44.9 Å². The number of hydrogen-bond acceptors (Lipinski definition) is 4. The van der Waals surface area contributed by atoms with Gasteiger partial charge in [-0.2, -0.15) is 0 Å². The van der Waals surface area contributed by atoms with E-state index in [-0.39, 0.29) is 17.7 Å². The number of amides is 1. The molecule has 124 valence electrons. The number of aromatic nitrogens is 1. The predicted octanol–water partition coefficient (Wildman–Crippen LogP) is 1.86. The van der Waals surface area contributed by atoms with Gasteiger partial charge in [-0.1, -0.05) is 17.3 Å². The third kappa shape index (κ3) is 2.90. The second-order valence-electron chi connectivity index (χ2n) is 6.54. The van der Waals surface area contributed by atoms with Gasteiger partial charge in [0.2, 0.25) is 5.91 Å². The monoisotopic (exact) mass is 318 g/mol. The van der Waals surface area contributed by atoms with Crippen LogP contribution in [-0.4, -0.2) is 28.7 Å². The van der Waals surface area contributed by atoms with Crippen LogP contribution in [0.1, 0.15) is 29.9 Å². The highest BCUT2D eigenvalue weighted by atomic mass is 16.5. The van der Waals surface area contributed by atoms with Gasteiger partial charge in [-0.15, -0.1) is 0 Å². The molecule has 1 aromatic rings. The molecule has 2 aliphatic carbocycles. The van der Waals surface area contributed by atoms with Crippen molar-refractivity contribution in [3.05, 3.63) is 29.2 Å². The number of nitrogens with one attached hydrogen (secondary N) is 1. The molecule has 1 saturated carbocycles. The number of allylic oxidation sites excluding steroid dienone is 2. The number of hydrogen-bond donors (Lipinski definition) is 2. The lowest BCUT2D eigenvalue weighted by Gasteiger charge is -2.23. The van der Waals surface area contributed by atoms with Crippen LogP contribution < -0.4 is 5.32 Å². The molecule has 6 heteroatoms. The molecule has 6 nitrogen and oxygen atoms in total. The Morgan fingerprint density at radius 1 is 1.30 bits per heavy atom. The van der Waals surface area contributed by atoms with E-state index in [1.165, 1.54) is 0 Å². The molecule has 0 unspecified atom stereocenters. The van der Waals surface area contributed by atoms with Crippen LogP contribution in [0.25, 0.3) is 0 Å². The summed E-state index contributed by atoms with van der Waals surface area (Å²) in [6, 6.07) is 0. The van der Waals surface area contributed by atoms with Crippen LogP contribution in [0.5, 0.6) is 0 Å². The molecule has 2 bridgehead atoms. The largest absolute Gasteiger partial charge is 0.481 e. The van der Waals surface area contributed by atoms with E-state index in [1.54, 1.807) is 0 Å². The first kappa shape index (κ1) is 15.8. The van der Waals surface area contributed by atoms with E-state index in [4.69, 9.17) is 4.52 Å². The number of aliphatic carboxylic acids is 1. The minimum absolute atomic E-state index is 0.00977. The maximum atomic E-state index is 12.4. The van der Waals surface area contributed by atoms with Crippen molar-refractivity contribution in [1.29, 1.82) is 0 Å². The second kappa shape index (κ2) is 6.18. The van der Waals surface area contributed by atoms with E-state index in [1.807, 2.05) is 26.0 Å². The molecule has 0 radical (unpaired) electrons. The molecule has 0 aliphatic heterocycles. The summed E-state index contributed by atoms with van der Waals surface area (Å²) in [5.41, 5.74) is 1.98. The average molecular weight is 318 g/mol. The van der Waals surface area contributed by atoms with Crippen molar-refractivity contribution in [3.63, 3.8) is 0 Å². The lowest BCUT2D eigenvalue weighted by Crippen LogP contribution is -2.40. The van der Waals surface area contributed by atoms with E-state index in [0.29, 0.717) is 6.54 Å². The molecule has 1 aromatic heterocycles. The summed E-state index contributed by atoms with van der Waals surface area (Å²) < 4.78 is 5.12. The molecule has 0 spiro atoms. The Morgan fingerprint density at radius 3 is 2.61 bits per heavy atom. The zero-order chi connectivity index (χ0) is 16.6. The van der Waals surface area contributed by atoms with E-state index >= 15 is 0 Å². The van der Waals surface area contributed by atoms with Gasteiger partial charge >= 0.3 is 5.97 Å². The molecule has 2 aliphatic rings. The number of carboxylic acid groups (broad SMARTS) is 1. The maximum absolute atomic E-state index is 12.4. The van der Waals surface area contributed by atoms with Gasteiger partial charge in [-0.25, -0.2) is 0 Å². The Bertz CT molecular complexity index is 630. The van der Waals surface area contributed by atoms with E-state index < -0.39 is 17.8 Å². The Morgan fingerprint density at radius 2 is 2.00 bits per heavy atom. The van der Waals surface area contributed by atoms with Crippen LogP contribution >= 0.6 is 0 Å². The van der Waals surface area contributed by atoms with Crippen molar-refractivity contribution in [2.75, 3.05) is 6.54 Å². The molecule has 0 saturated heterocycles. The number of carbonyl (C=O) groups is 2. The third-order valence-corrected chi connectivity index (χ3v) is 5.13. The van der Waals surface area contributed by atoms with Gasteiger partial charge < -0.3 is 14.9 Å². The highest BCUT2D eigenvalue weighted by Crippen LogP contribution is 2.48. The summed E-state index contributed by atoms with van der Waals surface area (Å²) in [6.07, 6.45) is 6.31. The highest BCUT2D eigenvalue weighted by molar-refractivity contribution is 5.86. The van der Waals surface area contributed by atoms with Crippen molar-refractivity contribution in [3.8, 4) is 0 Å². The van der Waals surface area contributed by atoms with Crippen molar-refractivity contribution < 1.29 is 19.2 Å². The highest BCUT2D eigenvalue weighted by Gasteiger charge is 2.51. The van der Waals surface area contributed by atoms with Gasteiger partial charge in [0, 0.05) is 12.1 Å². The fourth-order valence-electron chi connectivity index (χ4n) is 3.97. The van der Waals surface area contributed by atoms with Gasteiger partial charge in [0.05, 0.1) is 17.5 Å². The number of rotatable bonds is 6. The fourth-order valence-corrected chi connectivity index (χ4v) is 3.97. The maximum Gasteiger partial charge on any atom is 0.307 e. The van der Waals surface area contributed by atoms with Gasteiger partial charge in [0.1, 0.15) is 5.76 Å². The summed E-state index contributed by atoms with van der Waals surface area (Å²) in [6.45, 7) is 4.32. The molecule has 3 rings (SSSR count). The summed E-state index contributed by atoms with van der Waals surface area (Å²) in [7, 11) is 0. The zero-order valence-electron chi connectivity index (χ0n) is 13.4. The zero-order valence-corrected chi connectivity index (χ0v) is 13.4. The molecular weight excluding hydrogens is 296 g/mol. The van der Waals surface area contributed by atoms with Crippen LogP contribution in [0.4, 0.5) is 0 Å². The molecule has 4 atom stereocenters. The molecule has 2 N–H and O–H groups in total. The molecular formula is C17H22N2O4. The van der Waals surface area contributed by atoms with Crippen molar-refractivity contribution in [2.45, 2.75) is 33.1 Å². The number of fused-ring (bicyclic) bond motifs is 2. The molecule has 23 heavy (non-hydrogen) atoms. The summed E-state index contributed by atoms with van der Waals surface area (Å²) in [5.74, 6) is -1.10. The summed E-state index contributed by atoms with van der Waals surface area (Å²) in [5, 5.41) is 16.2. The Hall–Kier alpha value is -2.11. The standard InChI is InChI=1S/C17H22N2O4/c1-9-13(10(2)23-19-9)4-3-7-18-16(20)14-11-5-6-12(8-11)15(14)17(21)22/h5-6,11-12,14-15H,3-4,7-8H2,1-2H3,(H,18,20)(H,21,22)/t11-,12-,14-,15+/m0/s1. The van der Waals surface area contributed by atoms with E-state index in [0.717, 1.165) is 36.3 Å². The van der Waals surface area contributed by atoms with Gasteiger partial charge in [0.15, 0.2) is 0 Å². The topological polar surface area (TPSA) is 92.4 Å². The van der Waals surface area contributed by atoms with Crippen LogP contribution in [0.2, 0.25) is 0 Å². The Labute approximate surface area is 134 Å². The van der Waals surface area contributed by atoms with Crippen LogP contribution in [0.3, 0.4) is 0 Å². The second-order valence-corrected chi connectivity index (χ2v) is 6.54. The first-order valence-electron chi connectivity index (χ1n) is 8.09.